The van der Waals surface area contributed by atoms with E-state index in [-0.39, 0.29) is 17.7 Å². The lowest BCUT2D eigenvalue weighted by molar-refractivity contribution is -0.130. The van der Waals surface area contributed by atoms with Gasteiger partial charge in [-0.15, -0.1) is 0 Å². The average Bonchev–Trinajstić information content (AvgIpc) is 2.70. The molecular weight excluding hydrogens is 350 g/mol. The summed E-state index contributed by atoms with van der Waals surface area (Å²) in [6.07, 6.45) is 0.469. The van der Waals surface area contributed by atoms with Crippen LogP contribution in [-0.4, -0.2) is 42.9 Å². The number of benzene rings is 2. The van der Waals surface area contributed by atoms with Crippen LogP contribution in [0, 0.1) is 12.8 Å². The van der Waals surface area contributed by atoms with E-state index < -0.39 is 0 Å². The lowest BCUT2D eigenvalue weighted by atomic mass is 10.1. The number of piperazine rings is 1. The molecule has 0 aromatic heterocycles. The third kappa shape index (κ3) is 4.91. The van der Waals surface area contributed by atoms with Gasteiger partial charge in [-0.25, -0.2) is 0 Å². The summed E-state index contributed by atoms with van der Waals surface area (Å²) >= 11 is 0. The van der Waals surface area contributed by atoms with E-state index in [0.717, 1.165) is 43.1 Å². The van der Waals surface area contributed by atoms with Crippen LogP contribution in [0.5, 0.6) is 0 Å². The molecule has 5 heteroatoms. The third-order valence-corrected chi connectivity index (χ3v) is 5.26. The van der Waals surface area contributed by atoms with Gasteiger partial charge in [0.2, 0.25) is 11.8 Å². The van der Waals surface area contributed by atoms with E-state index in [4.69, 9.17) is 0 Å². The molecule has 148 valence electrons. The lowest BCUT2D eigenvalue weighted by Crippen LogP contribution is -2.49. The summed E-state index contributed by atoms with van der Waals surface area (Å²) in [6, 6.07) is 16.0. The van der Waals surface area contributed by atoms with Gasteiger partial charge in [0.1, 0.15) is 0 Å². The molecule has 0 radical (unpaired) electrons. The fourth-order valence-corrected chi connectivity index (χ4v) is 3.34. The topological polar surface area (TPSA) is 52.7 Å². The number of nitrogens with one attached hydrogen (secondary N) is 1. The fraction of sp³-hybridized carbons (Fsp3) is 0.391. The van der Waals surface area contributed by atoms with Crippen molar-refractivity contribution in [1.29, 1.82) is 0 Å². The Morgan fingerprint density at radius 3 is 2.21 bits per heavy atom. The van der Waals surface area contributed by atoms with Crippen molar-refractivity contribution in [3.8, 4) is 0 Å². The number of anilines is 2. The number of aryl methyl sites for hydroxylation is 1. The molecule has 0 saturated carbocycles. The fourth-order valence-electron chi connectivity index (χ4n) is 3.34. The first-order valence-corrected chi connectivity index (χ1v) is 9.92. The Bertz CT molecular complexity index is 822. The quantitative estimate of drug-likeness (QED) is 0.865. The van der Waals surface area contributed by atoms with E-state index in [1.54, 1.807) is 0 Å². The van der Waals surface area contributed by atoms with Gasteiger partial charge >= 0.3 is 0 Å². The van der Waals surface area contributed by atoms with Crippen LogP contribution in [-0.2, 0) is 16.0 Å². The number of nitrogens with zero attached hydrogens (tertiary/aromatic N) is 2. The molecule has 1 aliphatic heterocycles. The van der Waals surface area contributed by atoms with Crippen molar-refractivity contribution in [3.63, 3.8) is 0 Å². The summed E-state index contributed by atoms with van der Waals surface area (Å²) in [4.78, 5) is 28.7. The number of hydrogen-bond donors (Lipinski definition) is 1. The van der Waals surface area contributed by atoms with Crippen LogP contribution in [0.25, 0.3) is 0 Å². The minimum Gasteiger partial charge on any atom is -0.368 e. The largest absolute Gasteiger partial charge is 0.368 e. The van der Waals surface area contributed by atoms with E-state index in [2.05, 4.69) is 10.2 Å². The zero-order valence-electron chi connectivity index (χ0n) is 16.9. The second kappa shape index (κ2) is 8.91. The van der Waals surface area contributed by atoms with Gasteiger partial charge in [0.25, 0.3) is 0 Å². The second-order valence-electron chi connectivity index (χ2n) is 7.66. The predicted molar refractivity (Wildman–Crippen MR) is 114 cm³/mol. The van der Waals surface area contributed by atoms with Gasteiger partial charge in [0.05, 0.1) is 6.42 Å². The standard InChI is InChI=1S/C23H29N3O2/c1-17(2)23(28)24-20-8-10-21(11-9-20)25-12-14-26(15-13-25)22(27)16-19-7-5-4-6-18(19)3/h4-11,17H,12-16H2,1-3H3,(H,24,28). The normalized spacial score (nSPS) is 14.3. The molecule has 1 fully saturated rings. The Balaban J connectivity index is 1.53. The molecule has 2 amide bonds. The summed E-state index contributed by atoms with van der Waals surface area (Å²) in [7, 11) is 0. The molecule has 0 bridgehead atoms. The third-order valence-electron chi connectivity index (χ3n) is 5.26. The van der Waals surface area contributed by atoms with E-state index in [1.807, 2.05) is 74.2 Å². The van der Waals surface area contributed by atoms with Gasteiger partial charge in [-0.05, 0) is 42.3 Å². The zero-order valence-corrected chi connectivity index (χ0v) is 16.9. The Hall–Kier alpha value is -2.82. The van der Waals surface area contributed by atoms with Crippen molar-refractivity contribution in [3.05, 3.63) is 59.7 Å². The first-order valence-electron chi connectivity index (χ1n) is 9.92. The van der Waals surface area contributed by atoms with E-state index in [1.165, 1.54) is 5.56 Å². The number of carbonyl (C=O) groups excluding carboxylic acids is 2. The molecule has 0 aliphatic carbocycles. The molecule has 2 aromatic rings. The number of amides is 2. The van der Waals surface area contributed by atoms with Gasteiger partial charge in [-0.1, -0.05) is 38.1 Å². The summed E-state index contributed by atoms with van der Waals surface area (Å²) < 4.78 is 0. The van der Waals surface area contributed by atoms with Crippen LogP contribution in [0.4, 0.5) is 11.4 Å². The molecule has 2 aromatic carbocycles. The number of hydrogen-bond acceptors (Lipinski definition) is 3. The summed E-state index contributed by atoms with van der Waals surface area (Å²) in [6.45, 7) is 8.91. The van der Waals surface area contributed by atoms with E-state index in [9.17, 15) is 9.59 Å². The Morgan fingerprint density at radius 2 is 1.61 bits per heavy atom. The van der Waals surface area contributed by atoms with Crippen LogP contribution < -0.4 is 10.2 Å². The molecule has 0 spiro atoms. The van der Waals surface area contributed by atoms with Crippen molar-refractivity contribution in [2.24, 2.45) is 5.92 Å². The molecule has 1 saturated heterocycles. The van der Waals surface area contributed by atoms with Gasteiger partial charge in [-0.3, -0.25) is 9.59 Å². The minimum atomic E-state index is -0.0371. The van der Waals surface area contributed by atoms with E-state index >= 15 is 0 Å². The van der Waals surface area contributed by atoms with Gasteiger partial charge in [0.15, 0.2) is 0 Å². The van der Waals surface area contributed by atoms with Crippen LogP contribution in [0.3, 0.4) is 0 Å². The molecule has 0 atom stereocenters. The van der Waals surface area contributed by atoms with Crippen molar-refractivity contribution < 1.29 is 9.59 Å². The highest BCUT2D eigenvalue weighted by molar-refractivity contribution is 5.92. The second-order valence-corrected chi connectivity index (χ2v) is 7.66. The SMILES string of the molecule is Cc1ccccc1CC(=O)N1CCN(c2ccc(NC(=O)C(C)C)cc2)CC1. The molecular formula is C23H29N3O2. The Kier molecular flexibility index (Phi) is 6.34. The van der Waals surface area contributed by atoms with Crippen molar-refractivity contribution >= 4 is 23.2 Å². The smallest absolute Gasteiger partial charge is 0.227 e. The molecule has 28 heavy (non-hydrogen) atoms. The maximum absolute atomic E-state index is 12.6. The summed E-state index contributed by atoms with van der Waals surface area (Å²) in [5.74, 6) is 0.180. The molecule has 1 heterocycles. The van der Waals surface area contributed by atoms with Crippen LogP contribution in [0.15, 0.2) is 48.5 Å². The molecule has 1 N–H and O–H groups in total. The highest BCUT2D eigenvalue weighted by Gasteiger charge is 2.21. The van der Waals surface area contributed by atoms with Crippen LogP contribution >= 0.6 is 0 Å². The highest BCUT2D eigenvalue weighted by atomic mass is 16.2. The van der Waals surface area contributed by atoms with Crippen LogP contribution in [0.2, 0.25) is 0 Å². The molecule has 0 unspecified atom stereocenters. The van der Waals surface area contributed by atoms with Crippen molar-refractivity contribution in [1.82, 2.24) is 4.90 Å². The van der Waals surface area contributed by atoms with Crippen LogP contribution in [0.1, 0.15) is 25.0 Å². The zero-order chi connectivity index (χ0) is 20.1. The highest BCUT2D eigenvalue weighted by Crippen LogP contribution is 2.20. The van der Waals surface area contributed by atoms with Gasteiger partial charge in [-0.2, -0.15) is 0 Å². The average molecular weight is 380 g/mol. The van der Waals surface area contributed by atoms with Crippen molar-refractivity contribution in [2.75, 3.05) is 36.4 Å². The lowest BCUT2D eigenvalue weighted by Gasteiger charge is -2.36. The summed E-state index contributed by atoms with van der Waals surface area (Å²) in [5.41, 5.74) is 4.20. The maximum atomic E-state index is 12.6. The first kappa shape index (κ1) is 19.9. The van der Waals surface area contributed by atoms with Gasteiger partial charge in [0, 0.05) is 43.5 Å². The minimum absolute atomic E-state index is 0.0218. The predicted octanol–water partition coefficient (Wildman–Crippen LogP) is 3.48. The summed E-state index contributed by atoms with van der Waals surface area (Å²) in [5, 5.41) is 2.91. The number of carbonyl (C=O) groups is 2. The Labute approximate surface area is 167 Å². The molecule has 1 aliphatic rings. The van der Waals surface area contributed by atoms with Crippen molar-refractivity contribution in [2.45, 2.75) is 27.2 Å². The monoisotopic (exact) mass is 379 g/mol. The maximum Gasteiger partial charge on any atom is 0.227 e. The molecule has 3 rings (SSSR count). The molecule has 5 nitrogen and oxygen atoms in total. The first-order chi connectivity index (χ1) is 13.4. The van der Waals surface area contributed by atoms with Gasteiger partial charge < -0.3 is 15.1 Å². The Morgan fingerprint density at radius 1 is 0.964 bits per heavy atom. The number of rotatable bonds is 5. The van der Waals surface area contributed by atoms with E-state index in [0.29, 0.717) is 6.42 Å².